The smallest absolute Gasteiger partial charge is 0.0938 e. The van der Waals surface area contributed by atoms with E-state index in [4.69, 9.17) is 0 Å². The van der Waals surface area contributed by atoms with Crippen molar-refractivity contribution in [1.29, 1.82) is 0 Å². The fraction of sp³-hybridized carbons (Fsp3) is 1.00. The highest BCUT2D eigenvalue weighted by Gasteiger charge is 2.43. The van der Waals surface area contributed by atoms with Crippen LogP contribution in [0, 0.1) is 5.92 Å². The molecule has 0 saturated heterocycles. The largest absolute Gasteiger partial charge is 0.389 e. The molecule has 1 fully saturated rings. The van der Waals surface area contributed by atoms with Gasteiger partial charge in [0.15, 0.2) is 0 Å². The fourth-order valence-electron chi connectivity index (χ4n) is 1.84. The van der Waals surface area contributed by atoms with Gasteiger partial charge in [0, 0.05) is 5.75 Å². The van der Waals surface area contributed by atoms with E-state index in [1.165, 1.54) is 0 Å². The van der Waals surface area contributed by atoms with Crippen molar-refractivity contribution >= 4 is 12.6 Å². The molecule has 0 heterocycles. The van der Waals surface area contributed by atoms with Gasteiger partial charge in [-0.3, -0.25) is 0 Å². The van der Waals surface area contributed by atoms with Gasteiger partial charge in [0.05, 0.1) is 11.7 Å². The number of hydrogen-bond acceptors (Lipinski definition) is 3. The van der Waals surface area contributed by atoms with Crippen LogP contribution in [-0.4, -0.2) is 27.7 Å². The van der Waals surface area contributed by atoms with Gasteiger partial charge >= 0.3 is 0 Å². The maximum atomic E-state index is 9.93. The Morgan fingerprint density at radius 2 is 2.36 bits per heavy atom. The molecule has 1 rings (SSSR count). The van der Waals surface area contributed by atoms with Gasteiger partial charge in [-0.05, 0) is 18.8 Å². The van der Waals surface area contributed by atoms with E-state index in [2.05, 4.69) is 12.6 Å². The molecule has 11 heavy (non-hydrogen) atoms. The molecular weight excluding hydrogens is 160 g/mol. The summed E-state index contributed by atoms with van der Waals surface area (Å²) >= 11 is 3.98. The van der Waals surface area contributed by atoms with Crippen molar-refractivity contribution in [2.24, 2.45) is 5.92 Å². The predicted octanol–water partition coefficient (Wildman–Crippen LogP) is 0.828. The molecule has 0 bridgehead atoms. The molecule has 0 aromatic heterocycles. The van der Waals surface area contributed by atoms with Crippen molar-refractivity contribution in [1.82, 2.24) is 0 Å². The summed E-state index contributed by atoms with van der Waals surface area (Å²) in [5, 5.41) is 19.4. The van der Waals surface area contributed by atoms with Crippen LogP contribution in [0.1, 0.15) is 26.2 Å². The Morgan fingerprint density at radius 3 is 2.73 bits per heavy atom. The average Bonchev–Trinajstić information content (AvgIpc) is 2.32. The van der Waals surface area contributed by atoms with Crippen LogP contribution in [0.3, 0.4) is 0 Å². The Balaban J connectivity index is 2.64. The minimum absolute atomic E-state index is 0.213. The Morgan fingerprint density at radius 1 is 1.73 bits per heavy atom. The van der Waals surface area contributed by atoms with Crippen molar-refractivity contribution in [3.05, 3.63) is 0 Å². The van der Waals surface area contributed by atoms with Crippen LogP contribution < -0.4 is 0 Å². The third-order valence-corrected chi connectivity index (χ3v) is 3.16. The molecule has 0 aromatic carbocycles. The van der Waals surface area contributed by atoms with Gasteiger partial charge in [0.1, 0.15) is 0 Å². The molecule has 3 atom stereocenters. The predicted molar refractivity (Wildman–Crippen MR) is 47.8 cm³/mol. The molecule has 1 aliphatic rings. The van der Waals surface area contributed by atoms with E-state index < -0.39 is 11.7 Å². The third kappa shape index (κ3) is 1.55. The van der Waals surface area contributed by atoms with Gasteiger partial charge in [0.2, 0.25) is 0 Å². The summed E-state index contributed by atoms with van der Waals surface area (Å²) in [5.74, 6) is 0.561. The summed E-state index contributed by atoms with van der Waals surface area (Å²) in [6.07, 6.45) is 2.09. The van der Waals surface area contributed by atoms with E-state index >= 15 is 0 Å². The molecule has 66 valence electrons. The van der Waals surface area contributed by atoms with E-state index in [1.807, 2.05) is 6.92 Å². The lowest BCUT2D eigenvalue weighted by Gasteiger charge is -2.31. The highest BCUT2D eigenvalue weighted by atomic mass is 32.1. The lowest BCUT2D eigenvalue weighted by molar-refractivity contribution is -0.0846. The first-order valence-electron chi connectivity index (χ1n) is 4.12. The SMILES string of the molecule is CC1CCCC1(O)C(O)CS. The molecule has 1 saturated carbocycles. The lowest BCUT2D eigenvalue weighted by atomic mass is 9.87. The summed E-state index contributed by atoms with van der Waals surface area (Å²) in [4.78, 5) is 0. The zero-order chi connectivity index (χ0) is 8.48. The van der Waals surface area contributed by atoms with Crippen LogP contribution >= 0.6 is 12.6 Å². The van der Waals surface area contributed by atoms with Crippen molar-refractivity contribution < 1.29 is 10.2 Å². The van der Waals surface area contributed by atoms with Gasteiger partial charge in [-0.2, -0.15) is 12.6 Å². The second-order valence-corrected chi connectivity index (χ2v) is 3.85. The van der Waals surface area contributed by atoms with Gasteiger partial charge in [0.25, 0.3) is 0 Å². The van der Waals surface area contributed by atoms with E-state index in [0.29, 0.717) is 5.75 Å². The van der Waals surface area contributed by atoms with Gasteiger partial charge in [-0.1, -0.05) is 13.3 Å². The maximum absolute atomic E-state index is 9.93. The van der Waals surface area contributed by atoms with Crippen molar-refractivity contribution in [2.45, 2.75) is 37.9 Å². The zero-order valence-corrected chi connectivity index (χ0v) is 7.72. The van der Waals surface area contributed by atoms with Crippen LogP contribution in [0.4, 0.5) is 0 Å². The number of thiol groups is 1. The average molecular weight is 176 g/mol. The Bertz CT molecular complexity index is 140. The molecule has 0 spiro atoms. The molecule has 3 unspecified atom stereocenters. The second-order valence-electron chi connectivity index (χ2n) is 3.48. The minimum atomic E-state index is -0.859. The van der Waals surface area contributed by atoms with E-state index in [0.717, 1.165) is 19.3 Å². The molecule has 0 radical (unpaired) electrons. The molecule has 0 amide bonds. The van der Waals surface area contributed by atoms with Gasteiger partial charge < -0.3 is 10.2 Å². The molecule has 1 aliphatic carbocycles. The fourth-order valence-corrected chi connectivity index (χ4v) is 2.16. The van der Waals surface area contributed by atoms with Gasteiger partial charge in [-0.15, -0.1) is 0 Å². The monoisotopic (exact) mass is 176 g/mol. The van der Waals surface area contributed by atoms with Crippen molar-refractivity contribution in [3.63, 3.8) is 0 Å². The quantitative estimate of drug-likeness (QED) is 0.545. The summed E-state index contributed by atoms with van der Waals surface area (Å²) in [7, 11) is 0. The second kappa shape index (κ2) is 3.33. The zero-order valence-electron chi connectivity index (χ0n) is 6.82. The summed E-state index contributed by atoms with van der Waals surface area (Å²) < 4.78 is 0. The molecule has 3 heteroatoms. The van der Waals surface area contributed by atoms with Crippen LogP contribution in [0.5, 0.6) is 0 Å². The minimum Gasteiger partial charge on any atom is -0.389 e. The first kappa shape index (κ1) is 9.36. The van der Waals surface area contributed by atoms with E-state index in [9.17, 15) is 10.2 Å². The Hall–Kier alpha value is 0.270. The Labute approximate surface area is 73.0 Å². The normalized spacial score (nSPS) is 40.9. The highest BCUT2D eigenvalue weighted by Crippen LogP contribution is 2.37. The number of hydrogen-bond donors (Lipinski definition) is 3. The van der Waals surface area contributed by atoms with Crippen LogP contribution in [0.15, 0.2) is 0 Å². The maximum Gasteiger partial charge on any atom is 0.0938 e. The third-order valence-electron chi connectivity index (χ3n) is 2.82. The van der Waals surface area contributed by atoms with Gasteiger partial charge in [-0.25, -0.2) is 0 Å². The number of rotatable bonds is 2. The molecule has 2 nitrogen and oxygen atoms in total. The van der Waals surface area contributed by atoms with Crippen molar-refractivity contribution in [2.75, 3.05) is 5.75 Å². The topological polar surface area (TPSA) is 40.5 Å². The highest BCUT2D eigenvalue weighted by molar-refractivity contribution is 7.80. The van der Waals surface area contributed by atoms with Crippen LogP contribution in [0.2, 0.25) is 0 Å². The molecule has 2 N–H and O–H groups in total. The molecule has 0 aliphatic heterocycles. The Kier molecular flexibility index (Phi) is 2.84. The van der Waals surface area contributed by atoms with Crippen molar-refractivity contribution in [3.8, 4) is 0 Å². The first-order chi connectivity index (χ1) is 5.11. The van der Waals surface area contributed by atoms with Crippen LogP contribution in [0.25, 0.3) is 0 Å². The standard InChI is InChI=1S/C8H16O2S/c1-6-3-2-4-8(6,10)7(9)5-11/h6-7,9-11H,2-5H2,1H3. The molecular formula is C8H16O2S. The van der Waals surface area contributed by atoms with E-state index in [-0.39, 0.29) is 5.92 Å². The van der Waals surface area contributed by atoms with Crippen LogP contribution in [-0.2, 0) is 0 Å². The molecule has 0 aromatic rings. The number of aliphatic hydroxyl groups excluding tert-OH is 1. The number of aliphatic hydroxyl groups is 2. The lowest BCUT2D eigenvalue weighted by Crippen LogP contribution is -2.45. The summed E-state index contributed by atoms with van der Waals surface area (Å²) in [6, 6.07) is 0. The summed E-state index contributed by atoms with van der Waals surface area (Å²) in [5.41, 5.74) is -0.859. The first-order valence-corrected chi connectivity index (χ1v) is 4.76. The summed E-state index contributed by atoms with van der Waals surface area (Å²) in [6.45, 7) is 1.99. The van der Waals surface area contributed by atoms with E-state index in [1.54, 1.807) is 0 Å².